The molecule has 40 heavy (non-hydrogen) atoms. The minimum atomic E-state index is -0.395. The molecule has 10 heteroatoms. The summed E-state index contributed by atoms with van der Waals surface area (Å²) < 4.78 is 5.50. The Kier molecular flexibility index (Phi) is 9.38. The Balaban J connectivity index is 1.06. The van der Waals surface area contributed by atoms with E-state index >= 15 is 0 Å². The maximum atomic E-state index is 12.7. The van der Waals surface area contributed by atoms with Gasteiger partial charge in [0.25, 0.3) is 5.91 Å². The normalized spacial score (nSPS) is 19.2. The molecule has 2 saturated heterocycles. The number of amides is 2. The number of imidazole rings is 1. The molecular weight excluding hydrogens is 524 g/mol. The van der Waals surface area contributed by atoms with Gasteiger partial charge in [0, 0.05) is 55.5 Å². The van der Waals surface area contributed by atoms with Crippen molar-refractivity contribution < 1.29 is 14.3 Å². The summed E-state index contributed by atoms with van der Waals surface area (Å²) in [6.07, 6.45) is 9.09. The summed E-state index contributed by atoms with van der Waals surface area (Å²) in [4.78, 5) is 41.3. The predicted octanol–water partition coefficient (Wildman–Crippen LogP) is 5.68. The number of aromatic nitrogens is 3. The number of nitrogens with one attached hydrogen (secondary N) is 2. The van der Waals surface area contributed by atoms with Crippen LogP contribution in [-0.2, 0) is 6.54 Å². The van der Waals surface area contributed by atoms with E-state index in [1.807, 2.05) is 30.5 Å². The number of pyridine rings is 1. The Labute approximate surface area is 240 Å². The molecule has 5 rings (SSSR count). The Bertz CT molecular complexity index is 1240. The van der Waals surface area contributed by atoms with E-state index in [0.29, 0.717) is 35.5 Å². The van der Waals surface area contributed by atoms with Crippen molar-refractivity contribution in [2.45, 2.75) is 56.5 Å². The average Bonchev–Trinajstić information content (AvgIpc) is 3.47. The van der Waals surface area contributed by atoms with Gasteiger partial charge in [-0.15, -0.1) is 0 Å². The molecule has 2 aromatic heterocycles. The summed E-state index contributed by atoms with van der Waals surface area (Å²) in [5.41, 5.74) is 2.34. The lowest BCUT2D eigenvalue weighted by molar-refractivity contribution is 0.102. The summed E-state index contributed by atoms with van der Waals surface area (Å²) in [5, 5.41) is 4.21. The highest BCUT2D eigenvalue weighted by molar-refractivity contribution is 7.99. The highest BCUT2D eigenvalue weighted by Crippen LogP contribution is 2.32. The van der Waals surface area contributed by atoms with Gasteiger partial charge in [0.05, 0.1) is 11.9 Å². The average molecular weight is 563 g/mol. The van der Waals surface area contributed by atoms with Crippen LogP contribution in [-0.4, -0.2) is 68.2 Å². The molecule has 0 saturated carbocycles. The summed E-state index contributed by atoms with van der Waals surface area (Å²) >= 11 is 1.74. The number of thioether (sulfide) groups is 1. The van der Waals surface area contributed by atoms with Crippen molar-refractivity contribution in [1.29, 1.82) is 0 Å². The maximum absolute atomic E-state index is 12.7. The fourth-order valence-electron chi connectivity index (χ4n) is 5.46. The second-order valence-corrected chi connectivity index (χ2v) is 12.3. The second kappa shape index (κ2) is 13.3. The van der Waals surface area contributed by atoms with Crippen LogP contribution in [0, 0.1) is 11.8 Å². The number of likely N-dealkylation sites (tertiary alicyclic amines) is 2. The first-order valence-electron chi connectivity index (χ1n) is 14.1. The standard InChI is InChI=1S/C30H38N6O3S/c1-21-4-3-15-35(19-21)20-23-5-7-25(8-6-23)28(37)34-26-9-10-27(33-18-26)39-30(38)36-16-11-24(12-17-36)22(2)40-29-31-13-14-32-29/h5-10,13-14,18,21-22,24H,3-4,11-12,15-17,19-20H2,1-2H3,(H,31,32)(H,34,37). The Morgan fingerprint density at radius 1 is 1.10 bits per heavy atom. The zero-order valence-corrected chi connectivity index (χ0v) is 24.0. The first-order chi connectivity index (χ1) is 19.4. The van der Waals surface area contributed by atoms with Crippen LogP contribution in [0.5, 0.6) is 5.88 Å². The van der Waals surface area contributed by atoms with Crippen molar-refractivity contribution in [3.05, 3.63) is 66.1 Å². The van der Waals surface area contributed by atoms with Gasteiger partial charge in [0.2, 0.25) is 5.88 Å². The fraction of sp³-hybridized carbons (Fsp3) is 0.467. The molecule has 0 spiro atoms. The number of piperidine rings is 2. The van der Waals surface area contributed by atoms with Gasteiger partial charge in [-0.3, -0.25) is 9.69 Å². The van der Waals surface area contributed by atoms with Crippen molar-refractivity contribution in [3.63, 3.8) is 0 Å². The van der Waals surface area contributed by atoms with E-state index in [2.05, 4.69) is 39.0 Å². The number of H-pyrrole nitrogens is 1. The lowest BCUT2D eigenvalue weighted by Gasteiger charge is -2.33. The number of carbonyl (C=O) groups excluding carboxylic acids is 2. The Morgan fingerprint density at radius 2 is 1.90 bits per heavy atom. The number of anilines is 1. The third-order valence-corrected chi connectivity index (χ3v) is 8.99. The molecule has 2 fully saturated rings. The minimum Gasteiger partial charge on any atom is -0.391 e. The van der Waals surface area contributed by atoms with Crippen LogP contribution >= 0.6 is 11.8 Å². The van der Waals surface area contributed by atoms with E-state index in [0.717, 1.165) is 43.6 Å². The zero-order chi connectivity index (χ0) is 27.9. The van der Waals surface area contributed by atoms with E-state index in [1.54, 1.807) is 35.0 Å². The smallest absolute Gasteiger partial charge is 0.391 e. The third-order valence-electron chi connectivity index (χ3n) is 7.78. The lowest BCUT2D eigenvalue weighted by Crippen LogP contribution is -2.41. The van der Waals surface area contributed by atoms with Crippen LogP contribution in [0.15, 0.2) is 60.1 Å². The largest absolute Gasteiger partial charge is 0.416 e. The molecule has 2 atom stereocenters. The third kappa shape index (κ3) is 7.63. The molecule has 3 aromatic rings. The number of aromatic amines is 1. The molecule has 212 valence electrons. The lowest BCUT2D eigenvalue weighted by atomic mass is 9.94. The van der Waals surface area contributed by atoms with Gasteiger partial charge in [-0.05, 0) is 67.8 Å². The van der Waals surface area contributed by atoms with Crippen LogP contribution in [0.2, 0.25) is 0 Å². The molecule has 2 N–H and O–H groups in total. The Hall–Kier alpha value is -3.37. The molecule has 0 bridgehead atoms. The molecule has 1 aromatic carbocycles. The van der Waals surface area contributed by atoms with Gasteiger partial charge in [-0.2, -0.15) is 0 Å². The minimum absolute atomic E-state index is 0.202. The summed E-state index contributed by atoms with van der Waals surface area (Å²) in [7, 11) is 0. The van der Waals surface area contributed by atoms with Crippen molar-refractivity contribution in [3.8, 4) is 5.88 Å². The van der Waals surface area contributed by atoms with Crippen molar-refractivity contribution in [2.24, 2.45) is 11.8 Å². The van der Waals surface area contributed by atoms with E-state index in [9.17, 15) is 9.59 Å². The number of hydrogen-bond acceptors (Lipinski definition) is 7. The van der Waals surface area contributed by atoms with Crippen molar-refractivity contribution in [1.82, 2.24) is 24.8 Å². The van der Waals surface area contributed by atoms with Gasteiger partial charge in [0.15, 0.2) is 5.16 Å². The van der Waals surface area contributed by atoms with Gasteiger partial charge < -0.3 is 19.9 Å². The van der Waals surface area contributed by atoms with Gasteiger partial charge >= 0.3 is 6.09 Å². The molecule has 0 aliphatic carbocycles. The fourth-order valence-corrected chi connectivity index (χ4v) is 6.54. The van der Waals surface area contributed by atoms with Gasteiger partial charge in [-0.25, -0.2) is 14.8 Å². The quantitative estimate of drug-likeness (QED) is 0.341. The zero-order valence-electron chi connectivity index (χ0n) is 23.2. The van der Waals surface area contributed by atoms with E-state index in [1.165, 1.54) is 24.6 Å². The number of nitrogens with zero attached hydrogens (tertiary/aromatic N) is 4. The number of benzene rings is 1. The van der Waals surface area contributed by atoms with E-state index in [-0.39, 0.29) is 11.8 Å². The van der Waals surface area contributed by atoms with Crippen molar-refractivity contribution >= 4 is 29.4 Å². The SMILES string of the molecule is CC1CCCN(Cc2ccc(C(=O)Nc3ccc(OC(=O)N4CCC(C(C)Sc5ncc[nH]5)CC4)nc3)cc2)C1. The van der Waals surface area contributed by atoms with Crippen LogP contribution in [0.4, 0.5) is 10.5 Å². The number of rotatable bonds is 8. The molecule has 2 amide bonds. The van der Waals surface area contributed by atoms with Gasteiger partial charge in [0.1, 0.15) is 0 Å². The maximum Gasteiger partial charge on any atom is 0.416 e. The first-order valence-corrected chi connectivity index (χ1v) is 15.0. The van der Waals surface area contributed by atoms with E-state index in [4.69, 9.17) is 4.74 Å². The molecule has 2 aliphatic heterocycles. The monoisotopic (exact) mass is 562 g/mol. The summed E-state index contributed by atoms with van der Waals surface area (Å²) in [6, 6.07) is 11.1. The Morgan fingerprint density at radius 3 is 2.58 bits per heavy atom. The van der Waals surface area contributed by atoms with Gasteiger partial charge in [-0.1, -0.05) is 37.7 Å². The molecule has 9 nitrogen and oxygen atoms in total. The predicted molar refractivity (Wildman–Crippen MR) is 157 cm³/mol. The van der Waals surface area contributed by atoms with Crippen LogP contribution in [0.25, 0.3) is 0 Å². The first kappa shape index (κ1) is 28.2. The van der Waals surface area contributed by atoms with E-state index < -0.39 is 6.09 Å². The van der Waals surface area contributed by atoms with Crippen LogP contribution < -0.4 is 10.1 Å². The number of carbonyl (C=O) groups is 2. The highest BCUT2D eigenvalue weighted by atomic mass is 32.2. The molecule has 4 heterocycles. The summed E-state index contributed by atoms with van der Waals surface area (Å²) in [5.74, 6) is 1.26. The van der Waals surface area contributed by atoms with Crippen molar-refractivity contribution in [2.75, 3.05) is 31.5 Å². The van der Waals surface area contributed by atoms with Crippen LogP contribution in [0.3, 0.4) is 0 Å². The number of ether oxygens (including phenoxy) is 1. The topological polar surface area (TPSA) is 103 Å². The molecule has 0 radical (unpaired) electrons. The second-order valence-electron chi connectivity index (χ2n) is 10.9. The molecular formula is C30H38N6O3S. The summed E-state index contributed by atoms with van der Waals surface area (Å²) in [6.45, 7) is 8.99. The number of hydrogen-bond donors (Lipinski definition) is 2. The van der Waals surface area contributed by atoms with Crippen LogP contribution in [0.1, 0.15) is 55.5 Å². The molecule has 2 aliphatic rings. The molecule has 2 unspecified atom stereocenters. The highest BCUT2D eigenvalue weighted by Gasteiger charge is 2.28.